The van der Waals surface area contributed by atoms with E-state index in [1.54, 1.807) is 32.6 Å². The maximum absolute atomic E-state index is 13.7. The van der Waals surface area contributed by atoms with E-state index in [9.17, 15) is 14.4 Å². The van der Waals surface area contributed by atoms with Gasteiger partial charge >= 0.3 is 19.3 Å². The number of carbonyl (C=O) groups is 3. The van der Waals surface area contributed by atoms with E-state index >= 15 is 0 Å². The van der Waals surface area contributed by atoms with Crippen LogP contribution in [0.25, 0.3) is 0 Å². The second-order valence-electron chi connectivity index (χ2n) is 16.7. The van der Waals surface area contributed by atoms with E-state index in [-0.39, 0.29) is 42.3 Å². The quantitative estimate of drug-likeness (QED) is 0.414. The molecule has 242 valence electrons. The molecule has 6 rings (SSSR count). The van der Waals surface area contributed by atoms with E-state index < -0.39 is 23.3 Å². The summed E-state index contributed by atoms with van der Waals surface area (Å²) in [5.74, 6) is 1.08. The van der Waals surface area contributed by atoms with Crippen LogP contribution >= 0.6 is 0 Å². The van der Waals surface area contributed by atoms with Crippen molar-refractivity contribution in [2.24, 2.45) is 22.7 Å². The number of amides is 3. The summed E-state index contributed by atoms with van der Waals surface area (Å²) in [5.41, 5.74) is -1.44. The van der Waals surface area contributed by atoms with Gasteiger partial charge in [0.1, 0.15) is 17.2 Å². The summed E-state index contributed by atoms with van der Waals surface area (Å²) < 4.78 is 24.3. The van der Waals surface area contributed by atoms with Crippen molar-refractivity contribution in [1.82, 2.24) is 15.1 Å². The number of hydrogen-bond donors (Lipinski definition) is 1. The molecule has 3 heterocycles. The first kappa shape index (κ1) is 32.4. The molecule has 3 aliphatic heterocycles. The smallest absolute Gasteiger partial charge is 0.444 e. The van der Waals surface area contributed by atoms with Crippen LogP contribution < -0.4 is 5.32 Å². The molecule has 10 nitrogen and oxygen atoms in total. The van der Waals surface area contributed by atoms with Gasteiger partial charge in [-0.2, -0.15) is 0 Å². The molecular formula is C32H54BN3O7. The second kappa shape index (κ2) is 10.8. The molecule has 0 aromatic rings. The van der Waals surface area contributed by atoms with Crippen LogP contribution in [0.15, 0.2) is 0 Å². The lowest BCUT2D eigenvalue weighted by atomic mass is 9.43. The Morgan fingerprint density at radius 3 is 2.35 bits per heavy atom. The minimum absolute atomic E-state index is 0.158. The van der Waals surface area contributed by atoms with E-state index in [1.807, 2.05) is 25.7 Å². The Bertz CT molecular complexity index is 1120. The minimum atomic E-state index is -0.749. The standard InChI is InChI=1S/C32H54BN3O7/c1-20(34-26(38)40-28(2,3)4)25(37)36-15-13-32(19-35(18-23(32)36)27(39)41-29(5,6)7)12-11-14-33-42-24-17-21-16-22(30(21,8)9)31(24,10)43-33/h20-24H,11-19H2,1-10H3,(H,34,38)/t20-,21-,22-,23-,24+,31-,32+/m0/s1. The van der Waals surface area contributed by atoms with Crippen molar-refractivity contribution in [3.05, 3.63) is 0 Å². The Morgan fingerprint density at radius 2 is 1.72 bits per heavy atom. The van der Waals surface area contributed by atoms with Crippen LogP contribution in [-0.2, 0) is 23.6 Å². The highest BCUT2D eigenvalue weighted by Gasteiger charge is 2.67. The molecule has 3 saturated heterocycles. The number of rotatable bonds is 6. The zero-order chi connectivity index (χ0) is 31.8. The molecule has 0 aromatic carbocycles. The van der Waals surface area contributed by atoms with Crippen LogP contribution in [0.1, 0.15) is 101 Å². The van der Waals surface area contributed by atoms with Gasteiger partial charge < -0.3 is 33.9 Å². The maximum Gasteiger partial charge on any atom is 0.457 e. The number of alkyl carbamates (subject to hydrolysis) is 1. The topological polar surface area (TPSA) is 107 Å². The van der Waals surface area contributed by atoms with E-state index in [0.717, 1.165) is 32.0 Å². The molecule has 0 aromatic heterocycles. The molecule has 0 radical (unpaired) electrons. The SMILES string of the molecule is C[C@H](NC(=O)OC(C)(C)C)C(=O)N1CC[C@]2(CCCB3O[C@@H]4C[C@@H]5C[C@@H](C5(C)C)[C@]4(C)O3)CN(C(=O)OC(C)(C)C)C[C@H]12. The van der Waals surface area contributed by atoms with Gasteiger partial charge in [0.25, 0.3) is 0 Å². The van der Waals surface area contributed by atoms with Crippen molar-refractivity contribution in [2.75, 3.05) is 19.6 Å². The highest BCUT2D eigenvalue weighted by molar-refractivity contribution is 6.45. The summed E-state index contributed by atoms with van der Waals surface area (Å²) in [6.45, 7) is 21.2. The third kappa shape index (κ3) is 6.14. The van der Waals surface area contributed by atoms with Crippen LogP contribution in [0.5, 0.6) is 0 Å². The number of ether oxygens (including phenoxy) is 2. The summed E-state index contributed by atoms with van der Waals surface area (Å²) in [6, 6.07) is -0.907. The molecule has 3 amide bonds. The van der Waals surface area contributed by atoms with Gasteiger partial charge in [0.2, 0.25) is 5.91 Å². The highest BCUT2D eigenvalue weighted by Crippen LogP contribution is 2.66. The zero-order valence-corrected chi connectivity index (χ0v) is 28.1. The van der Waals surface area contributed by atoms with Gasteiger partial charge in [-0.05, 0) is 105 Å². The van der Waals surface area contributed by atoms with Crippen LogP contribution in [0.2, 0.25) is 6.32 Å². The van der Waals surface area contributed by atoms with Crippen molar-refractivity contribution in [2.45, 2.75) is 143 Å². The fourth-order valence-electron chi connectivity index (χ4n) is 8.72. The van der Waals surface area contributed by atoms with E-state index in [2.05, 4.69) is 26.1 Å². The lowest BCUT2D eigenvalue weighted by molar-refractivity contribution is -0.199. The maximum atomic E-state index is 13.7. The number of nitrogens with zero attached hydrogens (tertiary/aromatic N) is 2. The first-order valence-corrected chi connectivity index (χ1v) is 16.4. The number of likely N-dealkylation sites (tertiary alicyclic amines) is 2. The fraction of sp³-hybridized carbons (Fsp3) is 0.906. The Labute approximate surface area is 258 Å². The molecule has 11 heteroatoms. The predicted molar refractivity (Wildman–Crippen MR) is 163 cm³/mol. The van der Waals surface area contributed by atoms with E-state index in [1.165, 1.54) is 6.42 Å². The van der Waals surface area contributed by atoms with Crippen molar-refractivity contribution in [3.8, 4) is 0 Å². The number of nitrogens with one attached hydrogen (secondary N) is 1. The molecule has 0 unspecified atom stereocenters. The predicted octanol–water partition coefficient (Wildman–Crippen LogP) is 5.25. The molecular weight excluding hydrogens is 549 g/mol. The van der Waals surface area contributed by atoms with E-state index in [4.69, 9.17) is 18.8 Å². The van der Waals surface area contributed by atoms with Gasteiger partial charge in [0.15, 0.2) is 0 Å². The number of hydrogen-bond acceptors (Lipinski definition) is 7. The third-order valence-electron chi connectivity index (χ3n) is 11.0. The summed E-state index contributed by atoms with van der Waals surface area (Å²) in [5, 5.41) is 2.70. The third-order valence-corrected chi connectivity index (χ3v) is 11.0. The number of carbonyl (C=O) groups excluding carboxylic acids is 3. The summed E-state index contributed by atoms with van der Waals surface area (Å²) in [4.78, 5) is 42.8. The summed E-state index contributed by atoms with van der Waals surface area (Å²) in [7, 11) is -0.222. The fourth-order valence-corrected chi connectivity index (χ4v) is 8.72. The van der Waals surface area contributed by atoms with Crippen LogP contribution in [0.3, 0.4) is 0 Å². The van der Waals surface area contributed by atoms with Gasteiger partial charge in [-0.3, -0.25) is 4.79 Å². The largest absolute Gasteiger partial charge is 0.457 e. The van der Waals surface area contributed by atoms with Gasteiger partial charge in [0.05, 0.1) is 17.7 Å². The summed E-state index contributed by atoms with van der Waals surface area (Å²) >= 11 is 0. The molecule has 6 fully saturated rings. The molecule has 0 spiro atoms. The van der Waals surface area contributed by atoms with Crippen LogP contribution in [0, 0.1) is 22.7 Å². The first-order valence-electron chi connectivity index (χ1n) is 16.4. The van der Waals surface area contributed by atoms with Crippen molar-refractivity contribution < 1.29 is 33.2 Å². The van der Waals surface area contributed by atoms with Crippen LogP contribution in [0.4, 0.5) is 9.59 Å². The van der Waals surface area contributed by atoms with E-state index in [0.29, 0.717) is 36.9 Å². The Balaban J connectivity index is 1.24. The normalized spacial score (nSPS) is 35.2. The summed E-state index contributed by atoms with van der Waals surface area (Å²) in [6.07, 6.45) is 4.78. The number of fused-ring (bicyclic) bond motifs is 1. The van der Waals surface area contributed by atoms with Gasteiger partial charge in [-0.25, -0.2) is 9.59 Å². The molecule has 2 bridgehead atoms. The molecule has 1 N–H and O–H groups in total. The Morgan fingerprint density at radius 1 is 1.05 bits per heavy atom. The average molecular weight is 604 g/mol. The Hall–Kier alpha value is -2.01. The Kier molecular flexibility index (Phi) is 8.15. The van der Waals surface area contributed by atoms with Gasteiger partial charge in [-0.1, -0.05) is 20.3 Å². The van der Waals surface area contributed by atoms with Crippen molar-refractivity contribution in [1.29, 1.82) is 0 Å². The van der Waals surface area contributed by atoms with Crippen molar-refractivity contribution >= 4 is 25.2 Å². The van der Waals surface area contributed by atoms with Crippen molar-refractivity contribution in [3.63, 3.8) is 0 Å². The highest BCUT2D eigenvalue weighted by atomic mass is 16.7. The molecule has 3 saturated carbocycles. The molecule has 6 aliphatic rings. The first-order chi connectivity index (χ1) is 19.7. The monoisotopic (exact) mass is 603 g/mol. The van der Waals surface area contributed by atoms with Gasteiger partial charge in [-0.15, -0.1) is 0 Å². The lowest BCUT2D eigenvalue weighted by Gasteiger charge is -2.64. The molecule has 43 heavy (non-hydrogen) atoms. The minimum Gasteiger partial charge on any atom is -0.444 e. The molecule has 3 aliphatic carbocycles. The van der Waals surface area contributed by atoms with Gasteiger partial charge in [0, 0.05) is 25.0 Å². The zero-order valence-electron chi connectivity index (χ0n) is 28.1. The second-order valence-corrected chi connectivity index (χ2v) is 16.7. The van der Waals surface area contributed by atoms with Crippen LogP contribution in [-0.4, -0.2) is 89.6 Å². The molecule has 7 atom stereocenters. The average Bonchev–Trinajstić information content (AvgIpc) is 3.49. The lowest BCUT2D eigenvalue weighted by Crippen LogP contribution is -2.65.